The normalized spacial score (nSPS) is 21.0. The van der Waals surface area contributed by atoms with Gasteiger partial charge >= 0.3 is 0 Å². The predicted octanol–water partition coefficient (Wildman–Crippen LogP) is 3.24. The van der Waals surface area contributed by atoms with Crippen molar-refractivity contribution in [1.29, 1.82) is 0 Å². The van der Waals surface area contributed by atoms with E-state index in [1.165, 1.54) is 37.7 Å². The number of morpholine rings is 1. The van der Waals surface area contributed by atoms with Gasteiger partial charge in [0.05, 0.1) is 19.0 Å². The molecule has 0 spiro atoms. The summed E-state index contributed by atoms with van der Waals surface area (Å²) in [6, 6.07) is 8.36. The van der Waals surface area contributed by atoms with Gasteiger partial charge in [-0.2, -0.15) is 0 Å². The Balaban J connectivity index is 1.51. The first kappa shape index (κ1) is 18.7. The third kappa shape index (κ3) is 5.22. The van der Waals surface area contributed by atoms with Crippen molar-refractivity contribution in [3.05, 3.63) is 29.8 Å². The molecule has 1 N–H and O–H groups in total. The minimum atomic E-state index is 0.142. The van der Waals surface area contributed by atoms with Gasteiger partial charge in [-0.3, -0.25) is 9.69 Å². The van der Waals surface area contributed by atoms with Crippen LogP contribution in [0.4, 0.5) is 0 Å². The molecule has 4 nitrogen and oxygen atoms in total. The van der Waals surface area contributed by atoms with E-state index in [4.69, 9.17) is 4.74 Å². The molecule has 1 aromatic carbocycles. The highest BCUT2D eigenvalue weighted by atomic mass is 32.2. The predicted molar refractivity (Wildman–Crippen MR) is 103 cm³/mol. The number of hydrogen-bond donors (Lipinski definition) is 1. The van der Waals surface area contributed by atoms with E-state index in [1.54, 1.807) is 11.8 Å². The van der Waals surface area contributed by atoms with E-state index in [0.29, 0.717) is 5.75 Å². The van der Waals surface area contributed by atoms with E-state index in [0.717, 1.165) is 37.7 Å². The largest absolute Gasteiger partial charge is 0.379 e. The fourth-order valence-corrected chi connectivity index (χ4v) is 4.68. The Morgan fingerprint density at radius 2 is 1.84 bits per heavy atom. The Kier molecular flexibility index (Phi) is 6.79. The number of hydrogen-bond acceptors (Lipinski definition) is 4. The number of aryl methyl sites for hydroxylation is 1. The lowest BCUT2D eigenvalue weighted by Gasteiger charge is -2.48. The molecule has 25 heavy (non-hydrogen) atoms. The van der Waals surface area contributed by atoms with Gasteiger partial charge in [0.25, 0.3) is 0 Å². The van der Waals surface area contributed by atoms with Crippen LogP contribution in [0.1, 0.15) is 37.7 Å². The Morgan fingerprint density at radius 3 is 2.52 bits per heavy atom. The quantitative estimate of drug-likeness (QED) is 0.789. The number of nitrogens with zero attached hydrogens (tertiary/aromatic N) is 1. The second-order valence-corrected chi connectivity index (χ2v) is 8.31. The molecular formula is C20H30N2O2S. The zero-order valence-electron chi connectivity index (χ0n) is 15.3. The van der Waals surface area contributed by atoms with Crippen molar-refractivity contribution in [3.8, 4) is 0 Å². The van der Waals surface area contributed by atoms with Gasteiger partial charge in [-0.15, -0.1) is 11.8 Å². The number of carbonyl (C=O) groups excluding carboxylic acids is 1. The molecule has 1 saturated heterocycles. The first-order valence-electron chi connectivity index (χ1n) is 9.47. The van der Waals surface area contributed by atoms with E-state index in [1.807, 2.05) is 0 Å². The van der Waals surface area contributed by atoms with Crippen molar-refractivity contribution < 1.29 is 9.53 Å². The molecule has 3 rings (SSSR count). The molecule has 1 heterocycles. The Labute approximate surface area is 155 Å². The summed E-state index contributed by atoms with van der Waals surface area (Å²) in [5, 5.41) is 3.23. The van der Waals surface area contributed by atoms with E-state index in [2.05, 4.69) is 41.4 Å². The number of nitrogens with one attached hydrogen (secondary N) is 1. The fraction of sp³-hybridized carbons (Fsp3) is 0.650. The standard InChI is InChI=1S/C20H30N2O2S/c1-17-5-7-18(8-6-17)25-15-19(23)21-16-20(9-3-2-4-10-20)22-11-13-24-14-12-22/h5-8H,2-4,9-16H2,1H3,(H,21,23). The molecule has 0 bridgehead atoms. The molecule has 2 aliphatic rings. The van der Waals surface area contributed by atoms with E-state index in [9.17, 15) is 4.79 Å². The summed E-state index contributed by atoms with van der Waals surface area (Å²) < 4.78 is 5.52. The number of benzene rings is 1. The minimum Gasteiger partial charge on any atom is -0.379 e. The second-order valence-electron chi connectivity index (χ2n) is 7.26. The van der Waals surface area contributed by atoms with Gasteiger partial charge in [-0.1, -0.05) is 37.0 Å². The van der Waals surface area contributed by atoms with E-state index >= 15 is 0 Å². The maximum Gasteiger partial charge on any atom is 0.230 e. The topological polar surface area (TPSA) is 41.6 Å². The van der Waals surface area contributed by atoms with Crippen LogP contribution in [0.5, 0.6) is 0 Å². The highest BCUT2D eigenvalue weighted by molar-refractivity contribution is 8.00. The fourth-order valence-electron chi connectivity index (χ4n) is 3.95. The molecule has 0 atom stereocenters. The third-order valence-corrected chi connectivity index (χ3v) is 6.48. The minimum absolute atomic E-state index is 0.142. The van der Waals surface area contributed by atoms with Crippen LogP contribution in [0, 0.1) is 6.92 Å². The van der Waals surface area contributed by atoms with Gasteiger partial charge in [-0.05, 0) is 31.9 Å². The van der Waals surface area contributed by atoms with Crippen LogP contribution in [-0.2, 0) is 9.53 Å². The lowest BCUT2D eigenvalue weighted by molar-refractivity contribution is -0.119. The average Bonchev–Trinajstić information content (AvgIpc) is 2.67. The van der Waals surface area contributed by atoms with Gasteiger partial charge in [0.1, 0.15) is 0 Å². The van der Waals surface area contributed by atoms with E-state index < -0.39 is 0 Å². The van der Waals surface area contributed by atoms with Crippen molar-refractivity contribution in [3.63, 3.8) is 0 Å². The molecule has 1 saturated carbocycles. The molecule has 1 aliphatic heterocycles. The van der Waals surface area contributed by atoms with Crippen molar-refractivity contribution in [1.82, 2.24) is 10.2 Å². The van der Waals surface area contributed by atoms with Crippen LogP contribution >= 0.6 is 11.8 Å². The van der Waals surface area contributed by atoms with Crippen LogP contribution in [0.25, 0.3) is 0 Å². The summed E-state index contributed by atoms with van der Waals surface area (Å²) in [5.41, 5.74) is 1.39. The summed E-state index contributed by atoms with van der Waals surface area (Å²) in [5.74, 6) is 0.631. The van der Waals surface area contributed by atoms with Crippen molar-refractivity contribution in [2.45, 2.75) is 49.5 Å². The lowest BCUT2D eigenvalue weighted by Crippen LogP contribution is -2.59. The maximum absolute atomic E-state index is 12.4. The number of rotatable bonds is 6. The Bertz CT molecular complexity index is 549. The lowest BCUT2D eigenvalue weighted by atomic mass is 9.79. The Hall–Kier alpha value is -1.04. The third-order valence-electron chi connectivity index (χ3n) is 5.47. The molecular weight excluding hydrogens is 332 g/mol. The van der Waals surface area contributed by atoms with Crippen LogP contribution < -0.4 is 5.32 Å². The van der Waals surface area contributed by atoms with Gasteiger partial charge < -0.3 is 10.1 Å². The monoisotopic (exact) mass is 362 g/mol. The summed E-state index contributed by atoms with van der Waals surface area (Å²) in [6.45, 7) is 6.48. The molecule has 138 valence electrons. The number of thioether (sulfide) groups is 1. The van der Waals surface area contributed by atoms with E-state index in [-0.39, 0.29) is 11.4 Å². The zero-order chi connectivity index (χ0) is 17.5. The highest BCUT2D eigenvalue weighted by Gasteiger charge is 2.38. The van der Waals surface area contributed by atoms with Crippen molar-refractivity contribution in [2.75, 3.05) is 38.6 Å². The molecule has 0 aromatic heterocycles. The number of ether oxygens (including phenoxy) is 1. The average molecular weight is 363 g/mol. The van der Waals surface area contributed by atoms with Crippen LogP contribution in [0.3, 0.4) is 0 Å². The summed E-state index contributed by atoms with van der Waals surface area (Å²) >= 11 is 1.61. The SMILES string of the molecule is Cc1ccc(SCC(=O)NCC2(N3CCOCC3)CCCCC2)cc1. The Morgan fingerprint density at radius 1 is 1.16 bits per heavy atom. The van der Waals surface area contributed by atoms with Crippen LogP contribution in [0.15, 0.2) is 29.2 Å². The summed E-state index contributed by atoms with van der Waals surface area (Å²) in [4.78, 5) is 16.1. The molecule has 1 aromatic rings. The maximum atomic E-state index is 12.4. The number of carbonyl (C=O) groups is 1. The molecule has 1 aliphatic carbocycles. The first-order chi connectivity index (χ1) is 12.2. The summed E-state index contributed by atoms with van der Waals surface area (Å²) in [6.07, 6.45) is 6.25. The van der Waals surface area contributed by atoms with Gasteiger partial charge in [-0.25, -0.2) is 0 Å². The second kappa shape index (κ2) is 9.06. The van der Waals surface area contributed by atoms with Gasteiger partial charge in [0.2, 0.25) is 5.91 Å². The molecule has 1 amide bonds. The molecule has 0 unspecified atom stereocenters. The number of amides is 1. The molecule has 0 radical (unpaired) electrons. The van der Waals surface area contributed by atoms with Gasteiger partial charge in [0.15, 0.2) is 0 Å². The van der Waals surface area contributed by atoms with Gasteiger partial charge in [0, 0.05) is 30.1 Å². The summed E-state index contributed by atoms with van der Waals surface area (Å²) in [7, 11) is 0. The van der Waals surface area contributed by atoms with Crippen molar-refractivity contribution in [2.24, 2.45) is 0 Å². The van der Waals surface area contributed by atoms with Crippen LogP contribution in [0.2, 0.25) is 0 Å². The first-order valence-corrected chi connectivity index (χ1v) is 10.5. The molecule has 5 heteroatoms. The highest BCUT2D eigenvalue weighted by Crippen LogP contribution is 2.34. The zero-order valence-corrected chi connectivity index (χ0v) is 16.1. The van der Waals surface area contributed by atoms with Crippen LogP contribution in [-0.4, -0.2) is 54.9 Å². The molecule has 2 fully saturated rings. The smallest absolute Gasteiger partial charge is 0.230 e. The van der Waals surface area contributed by atoms with Crippen molar-refractivity contribution >= 4 is 17.7 Å².